The lowest BCUT2D eigenvalue weighted by Crippen LogP contribution is -2.44. The highest BCUT2D eigenvalue weighted by Crippen LogP contribution is 2.24. The molecule has 0 saturated carbocycles. The largest absolute Gasteiger partial charge is 0.394 e. The number of benzene rings is 3. The van der Waals surface area contributed by atoms with E-state index in [9.17, 15) is 4.39 Å². The van der Waals surface area contributed by atoms with Gasteiger partial charge in [-0.3, -0.25) is 0 Å². The van der Waals surface area contributed by atoms with Crippen LogP contribution in [0.4, 0.5) is 10.3 Å². The van der Waals surface area contributed by atoms with E-state index < -0.39 is 0 Å². The Labute approximate surface area is 251 Å². The van der Waals surface area contributed by atoms with E-state index in [4.69, 9.17) is 21.7 Å². The zero-order valence-electron chi connectivity index (χ0n) is 24.2. The van der Waals surface area contributed by atoms with Gasteiger partial charge in [0.1, 0.15) is 5.82 Å². The first kappa shape index (κ1) is 30.0. The smallest absolute Gasteiger partial charge is 0.204 e. The number of halogens is 2. The minimum atomic E-state index is -0.219. The van der Waals surface area contributed by atoms with Crippen molar-refractivity contribution in [3.8, 4) is 0 Å². The highest BCUT2D eigenvalue weighted by atomic mass is 35.5. The van der Waals surface area contributed by atoms with E-state index >= 15 is 0 Å². The van der Waals surface area contributed by atoms with Crippen LogP contribution in [0.15, 0.2) is 71.8 Å². The fourth-order valence-corrected chi connectivity index (χ4v) is 5.47. The van der Waals surface area contributed by atoms with Crippen molar-refractivity contribution < 1.29 is 9.50 Å². The fraction of sp³-hybridized carbons (Fsp3) is 0.375. The third-order valence-corrected chi connectivity index (χ3v) is 7.67. The summed E-state index contributed by atoms with van der Waals surface area (Å²) >= 11 is 6.27. The van der Waals surface area contributed by atoms with Crippen molar-refractivity contribution in [1.82, 2.24) is 25.0 Å². The molecule has 1 fully saturated rings. The molecule has 2 aliphatic rings. The van der Waals surface area contributed by atoms with Gasteiger partial charge in [-0.1, -0.05) is 48.0 Å². The summed E-state index contributed by atoms with van der Waals surface area (Å²) in [7, 11) is 0. The first-order valence-corrected chi connectivity index (χ1v) is 14.9. The molecule has 3 N–H and O–H groups in total. The van der Waals surface area contributed by atoms with Gasteiger partial charge in [-0.05, 0) is 68.1 Å². The molecule has 0 radical (unpaired) electrons. The number of hydrogen-bond donors (Lipinski definition) is 3. The number of imidazole rings is 1. The van der Waals surface area contributed by atoms with E-state index in [0.29, 0.717) is 19.1 Å². The second-order valence-electron chi connectivity index (χ2n) is 11.0. The highest BCUT2D eigenvalue weighted by Gasteiger charge is 2.22. The molecule has 0 aliphatic carbocycles. The van der Waals surface area contributed by atoms with Crippen molar-refractivity contribution in [1.29, 1.82) is 0 Å². The Kier molecular flexibility index (Phi) is 10.1. The van der Waals surface area contributed by atoms with Crippen LogP contribution < -0.4 is 10.7 Å². The summed E-state index contributed by atoms with van der Waals surface area (Å²) in [6, 6.07) is 21.2. The monoisotopic (exact) mass is 591 g/mol. The van der Waals surface area contributed by atoms with Crippen LogP contribution in [0.3, 0.4) is 0 Å². The number of para-hydroxylation sites is 2. The Balaban J connectivity index is 0.000000830. The molecular weight excluding hydrogens is 553 g/mol. The van der Waals surface area contributed by atoms with Gasteiger partial charge in [-0.25, -0.2) is 19.9 Å². The SMILES string of the molecule is CC(C)O.Fc1ccc(Cn2c(NC3CCN(CCNN4Cc5cccc(Cl)c5C=N4)CC3)nc3ccccc32)cc1. The number of hydrazine groups is 1. The van der Waals surface area contributed by atoms with Gasteiger partial charge in [0.2, 0.25) is 5.95 Å². The van der Waals surface area contributed by atoms with Crippen molar-refractivity contribution in [2.45, 2.75) is 51.9 Å². The van der Waals surface area contributed by atoms with Crippen LogP contribution in [0.25, 0.3) is 11.0 Å². The molecule has 0 amide bonds. The van der Waals surface area contributed by atoms with Crippen molar-refractivity contribution in [2.75, 3.05) is 31.5 Å². The normalized spacial score (nSPS) is 15.5. The number of likely N-dealkylation sites (tertiary alicyclic amines) is 1. The third-order valence-electron chi connectivity index (χ3n) is 7.34. The lowest BCUT2D eigenvalue weighted by atomic mass is 10.1. The number of aromatic nitrogens is 2. The number of fused-ring (bicyclic) bond motifs is 2. The van der Waals surface area contributed by atoms with Gasteiger partial charge in [-0.2, -0.15) is 5.10 Å². The molecule has 4 aromatic rings. The van der Waals surface area contributed by atoms with Crippen LogP contribution in [-0.4, -0.2) is 69.2 Å². The second-order valence-corrected chi connectivity index (χ2v) is 11.4. The Hall–Kier alpha value is -3.50. The zero-order valence-corrected chi connectivity index (χ0v) is 24.9. The molecule has 0 spiro atoms. The Bertz CT molecular complexity index is 1480. The Morgan fingerprint density at radius 1 is 1.02 bits per heavy atom. The number of nitrogens with one attached hydrogen (secondary N) is 2. The number of nitrogens with zero attached hydrogens (tertiary/aromatic N) is 5. The van der Waals surface area contributed by atoms with E-state index in [2.05, 4.69) is 37.4 Å². The molecule has 1 aromatic heterocycles. The molecule has 8 nitrogen and oxygen atoms in total. The zero-order chi connectivity index (χ0) is 29.5. The third kappa shape index (κ3) is 7.86. The van der Waals surface area contributed by atoms with Gasteiger partial charge >= 0.3 is 0 Å². The molecule has 1 saturated heterocycles. The van der Waals surface area contributed by atoms with Gasteiger partial charge < -0.3 is 19.9 Å². The number of aliphatic hydroxyl groups excluding tert-OH is 1. The number of hydrogen-bond acceptors (Lipinski definition) is 7. The maximum Gasteiger partial charge on any atom is 0.204 e. The highest BCUT2D eigenvalue weighted by molar-refractivity contribution is 6.33. The molecule has 3 heterocycles. The number of anilines is 1. The van der Waals surface area contributed by atoms with Gasteiger partial charge in [-0.15, -0.1) is 0 Å². The second kappa shape index (κ2) is 14.1. The van der Waals surface area contributed by atoms with E-state index in [0.717, 1.165) is 72.2 Å². The van der Waals surface area contributed by atoms with Gasteiger partial charge in [0.15, 0.2) is 0 Å². The Morgan fingerprint density at radius 2 is 1.76 bits per heavy atom. The maximum absolute atomic E-state index is 13.4. The predicted molar refractivity (Wildman–Crippen MR) is 168 cm³/mol. The Morgan fingerprint density at radius 3 is 2.52 bits per heavy atom. The van der Waals surface area contributed by atoms with Gasteiger partial charge in [0.25, 0.3) is 0 Å². The van der Waals surface area contributed by atoms with Crippen LogP contribution in [0, 0.1) is 5.82 Å². The summed E-state index contributed by atoms with van der Waals surface area (Å²) in [4.78, 5) is 7.38. The van der Waals surface area contributed by atoms with Crippen LogP contribution in [0.2, 0.25) is 5.02 Å². The minimum Gasteiger partial charge on any atom is -0.394 e. The number of rotatable bonds is 8. The van der Waals surface area contributed by atoms with Gasteiger partial charge in [0.05, 0.1) is 30.3 Å². The lowest BCUT2D eigenvalue weighted by Gasteiger charge is -2.33. The standard InChI is InChI=1S/C29H31ClFN7.C3H8O/c30-26-5-3-4-22-20-38(33-18-25(22)26)32-14-17-36-15-12-24(13-16-36)34-29-35-27-6-1-2-7-28(27)37(29)19-21-8-10-23(31)11-9-21;1-3(2)4/h1-11,18,24,32H,12-17,19-20H2,(H,34,35);3-4H,1-2H3. The number of hydrazone groups is 1. The van der Waals surface area contributed by atoms with E-state index in [-0.39, 0.29) is 11.9 Å². The molecule has 2 aliphatic heterocycles. The summed E-state index contributed by atoms with van der Waals surface area (Å²) < 4.78 is 15.6. The summed E-state index contributed by atoms with van der Waals surface area (Å²) in [6.07, 6.45) is 3.76. The maximum atomic E-state index is 13.4. The molecule has 3 aromatic carbocycles. The quantitative estimate of drug-likeness (QED) is 0.251. The van der Waals surface area contributed by atoms with Crippen molar-refractivity contribution in [3.05, 3.63) is 94.3 Å². The topological polar surface area (TPSA) is 81.0 Å². The van der Waals surface area contributed by atoms with Crippen molar-refractivity contribution >= 4 is 34.8 Å². The average molecular weight is 592 g/mol. The summed E-state index contributed by atoms with van der Waals surface area (Å²) in [5.74, 6) is 0.655. The molecule has 42 heavy (non-hydrogen) atoms. The average Bonchev–Trinajstić information content (AvgIpc) is 3.31. The van der Waals surface area contributed by atoms with Crippen LogP contribution in [0.5, 0.6) is 0 Å². The molecule has 0 unspecified atom stereocenters. The minimum absolute atomic E-state index is 0.167. The van der Waals surface area contributed by atoms with Crippen LogP contribution in [-0.2, 0) is 13.1 Å². The van der Waals surface area contributed by atoms with Crippen LogP contribution >= 0.6 is 11.6 Å². The van der Waals surface area contributed by atoms with Crippen molar-refractivity contribution in [3.63, 3.8) is 0 Å². The van der Waals surface area contributed by atoms with Crippen LogP contribution in [0.1, 0.15) is 43.4 Å². The van der Waals surface area contributed by atoms with E-state index in [1.54, 1.807) is 13.8 Å². The van der Waals surface area contributed by atoms with Gasteiger partial charge in [0, 0.05) is 48.9 Å². The molecule has 222 valence electrons. The summed E-state index contributed by atoms with van der Waals surface area (Å²) in [5, 5.41) is 18.9. The van der Waals surface area contributed by atoms with E-state index in [1.165, 1.54) is 17.7 Å². The lowest BCUT2D eigenvalue weighted by molar-refractivity contribution is 0.155. The number of aliphatic hydroxyl groups is 1. The molecule has 10 heteroatoms. The predicted octanol–water partition coefficient (Wildman–Crippen LogP) is 5.49. The summed E-state index contributed by atoms with van der Waals surface area (Å²) in [5.41, 5.74) is 8.70. The summed E-state index contributed by atoms with van der Waals surface area (Å²) in [6.45, 7) is 8.64. The first-order chi connectivity index (χ1) is 20.4. The first-order valence-electron chi connectivity index (χ1n) is 14.5. The molecule has 6 rings (SSSR count). The molecule has 0 atom stereocenters. The van der Waals surface area contributed by atoms with Crippen molar-refractivity contribution in [2.24, 2.45) is 5.10 Å². The number of piperidine rings is 1. The molecule has 0 bridgehead atoms. The van der Waals surface area contributed by atoms with E-state index in [1.807, 2.05) is 53.8 Å². The fourth-order valence-electron chi connectivity index (χ4n) is 5.23. The molecular formula is C32H39ClFN7O.